The number of carbonyl (C=O) groups excluding carboxylic acids is 1. The Kier molecular flexibility index (Phi) is 3.34. The molecule has 3 aliphatic rings. The van der Waals surface area contributed by atoms with E-state index in [1.807, 2.05) is 0 Å². The first-order valence-electron chi connectivity index (χ1n) is 6.91. The predicted octanol–water partition coefficient (Wildman–Crippen LogP) is 0.527. The van der Waals surface area contributed by atoms with E-state index in [1.165, 1.54) is 19.3 Å². The molecule has 2 aliphatic heterocycles. The van der Waals surface area contributed by atoms with E-state index in [2.05, 4.69) is 10.6 Å². The minimum atomic E-state index is 0.232. The first-order chi connectivity index (χ1) is 8.33. The molecule has 0 spiro atoms. The van der Waals surface area contributed by atoms with Crippen molar-refractivity contribution in [1.82, 2.24) is 10.6 Å². The summed E-state index contributed by atoms with van der Waals surface area (Å²) in [7, 11) is 0. The molecule has 0 aromatic heterocycles. The summed E-state index contributed by atoms with van der Waals surface area (Å²) in [5.74, 6) is 1.93. The molecule has 17 heavy (non-hydrogen) atoms. The van der Waals surface area contributed by atoms with Crippen LogP contribution in [0.5, 0.6) is 0 Å². The lowest BCUT2D eigenvalue weighted by molar-refractivity contribution is -0.125. The van der Waals surface area contributed by atoms with Crippen molar-refractivity contribution in [2.75, 3.05) is 26.3 Å². The van der Waals surface area contributed by atoms with Crippen molar-refractivity contribution >= 4 is 5.91 Å². The molecule has 4 heteroatoms. The molecule has 1 amide bonds. The van der Waals surface area contributed by atoms with Gasteiger partial charge in [-0.15, -0.1) is 0 Å². The fourth-order valence-corrected chi connectivity index (χ4v) is 3.27. The Morgan fingerprint density at radius 3 is 2.94 bits per heavy atom. The van der Waals surface area contributed by atoms with Crippen molar-refractivity contribution in [2.45, 2.75) is 31.7 Å². The highest BCUT2D eigenvalue weighted by atomic mass is 16.5. The smallest absolute Gasteiger partial charge is 0.220 e. The molecular weight excluding hydrogens is 216 g/mol. The third-order valence-electron chi connectivity index (χ3n) is 4.58. The van der Waals surface area contributed by atoms with Crippen molar-refractivity contribution < 1.29 is 9.53 Å². The van der Waals surface area contributed by atoms with Gasteiger partial charge in [-0.05, 0) is 43.6 Å². The molecule has 1 saturated carbocycles. The molecule has 3 rings (SSSR count). The second-order valence-corrected chi connectivity index (χ2v) is 5.78. The van der Waals surface area contributed by atoms with Gasteiger partial charge in [0.15, 0.2) is 0 Å². The number of nitrogens with one attached hydrogen (secondary N) is 2. The molecular formula is C13H22N2O2. The highest BCUT2D eigenvalue weighted by Gasteiger charge is 2.38. The summed E-state index contributed by atoms with van der Waals surface area (Å²) in [4.78, 5) is 11.9. The van der Waals surface area contributed by atoms with Gasteiger partial charge in [-0.3, -0.25) is 4.79 Å². The van der Waals surface area contributed by atoms with E-state index in [1.54, 1.807) is 0 Å². The molecule has 0 unspecified atom stereocenters. The Morgan fingerprint density at radius 2 is 2.18 bits per heavy atom. The van der Waals surface area contributed by atoms with Crippen LogP contribution in [-0.4, -0.2) is 38.3 Å². The molecule has 2 saturated heterocycles. The standard InChI is InChI=1S/C13H22N2O2/c16-13(15-11-2-1-3-11)4-9-7-17-8-10-5-14-6-12(9)10/h9-12,14H,1-8H2,(H,15,16)/t9-,10-,12+/m1/s1. The Balaban J connectivity index is 1.50. The fourth-order valence-electron chi connectivity index (χ4n) is 3.27. The predicted molar refractivity (Wildman–Crippen MR) is 64.6 cm³/mol. The number of hydrogen-bond acceptors (Lipinski definition) is 3. The van der Waals surface area contributed by atoms with Crippen molar-refractivity contribution in [2.24, 2.45) is 17.8 Å². The second kappa shape index (κ2) is 4.94. The summed E-state index contributed by atoms with van der Waals surface area (Å²) in [6.07, 6.45) is 4.26. The molecule has 1 aliphatic carbocycles. The summed E-state index contributed by atoms with van der Waals surface area (Å²) >= 11 is 0. The Hall–Kier alpha value is -0.610. The molecule has 2 heterocycles. The number of rotatable bonds is 3. The van der Waals surface area contributed by atoms with Gasteiger partial charge >= 0.3 is 0 Å². The fraction of sp³-hybridized carbons (Fsp3) is 0.923. The zero-order valence-corrected chi connectivity index (χ0v) is 10.3. The van der Waals surface area contributed by atoms with Crippen LogP contribution in [-0.2, 0) is 9.53 Å². The van der Waals surface area contributed by atoms with Gasteiger partial charge in [-0.2, -0.15) is 0 Å². The molecule has 0 aromatic rings. The lowest BCUT2D eigenvalue weighted by atomic mass is 9.80. The first kappa shape index (κ1) is 11.5. The Morgan fingerprint density at radius 1 is 1.29 bits per heavy atom. The Bertz CT molecular complexity index is 291. The maximum Gasteiger partial charge on any atom is 0.220 e. The zero-order valence-electron chi connectivity index (χ0n) is 10.3. The SMILES string of the molecule is O=C(C[C@@H]1COC[C@H]2CNC[C@H]21)NC1CCC1. The normalized spacial score (nSPS) is 37.3. The average molecular weight is 238 g/mol. The Labute approximate surface area is 102 Å². The summed E-state index contributed by atoms with van der Waals surface area (Å²) in [5.41, 5.74) is 0. The number of hydrogen-bond donors (Lipinski definition) is 2. The minimum absolute atomic E-state index is 0.232. The third-order valence-corrected chi connectivity index (χ3v) is 4.58. The monoisotopic (exact) mass is 238 g/mol. The maximum absolute atomic E-state index is 11.9. The highest BCUT2D eigenvalue weighted by Crippen LogP contribution is 2.32. The van der Waals surface area contributed by atoms with E-state index in [0.717, 1.165) is 26.3 Å². The van der Waals surface area contributed by atoms with Crippen molar-refractivity contribution in [3.05, 3.63) is 0 Å². The van der Waals surface area contributed by atoms with E-state index < -0.39 is 0 Å². The topological polar surface area (TPSA) is 50.4 Å². The first-order valence-corrected chi connectivity index (χ1v) is 6.91. The van der Waals surface area contributed by atoms with E-state index in [9.17, 15) is 4.79 Å². The van der Waals surface area contributed by atoms with Crippen molar-refractivity contribution in [3.63, 3.8) is 0 Å². The van der Waals surface area contributed by atoms with Crippen LogP contribution in [0, 0.1) is 17.8 Å². The van der Waals surface area contributed by atoms with Gasteiger partial charge in [0, 0.05) is 19.0 Å². The van der Waals surface area contributed by atoms with Crippen LogP contribution in [0.3, 0.4) is 0 Å². The van der Waals surface area contributed by atoms with Crippen LogP contribution in [0.2, 0.25) is 0 Å². The van der Waals surface area contributed by atoms with Gasteiger partial charge in [0.1, 0.15) is 0 Å². The minimum Gasteiger partial charge on any atom is -0.381 e. The summed E-state index contributed by atoms with van der Waals surface area (Å²) in [6.45, 7) is 3.76. The van der Waals surface area contributed by atoms with Crippen LogP contribution in [0.25, 0.3) is 0 Å². The lowest BCUT2D eigenvalue weighted by Gasteiger charge is -2.33. The van der Waals surface area contributed by atoms with Gasteiger partial charge in [-0.25, -0.2) is 0 Å². The second-order valence-electron chi connectivity index (χ2n) is 5.78. The highest BCUT2D eigenvalue weighted by molar-refractivity contribution is 5.76. The number of ether oxygens (including phenoxy) is 1. The van der Waals surface area contributed by atoms with Crippen LogP contribution < -0.4 is 10.6 Å². The summed E-state index contributed by atoms with van der Waals surface area (Å²) in [5, 5.41) is 6.55. The summed E-state index contributed by atoms with van der Waals surface area (Å²) in [6, 6.07) is 0.463. The average Bonchev–Trinajstić information content (AvgIpc) is 2.73. The van der Waals surface area contributed by atoms with Crippen LogP contribution >= 0.6 is 0 Å². The summed E-state index contributed by atoms with van der Waals surface area (Å²) < 4.78 is 5.62. The molecule has 0 radical (unpaired) electrons. The van der Waals surface area contributed by atoms with Crippen LogP contribution in [0.1, 0.15) is 25.7 Å². The lowest BCUT2D eigenvalue weighted by Crippen LogP contribution is -2.43. The van der Waals surface area contributed by atoms with Gasteiger partial charge in [0.05, 0.1) is 13.2 Å². The molecule has 2 N–H and O–H groups in total. The third kappa shape index (κ3) is 2.47. The van der Waals surface area contributed by atoms with Crippen LogP contribution in [0.15, 0.2) is 0 Å². The van der Waals surface area contributed by atoms with Crippen LogP contribution in [0.4, 0.5) is 0 Å². The molecule has 3 fully saturated rings. The van der Waals surface area contributed by atoms with Gasteiger partial charge < -0.3 is 15.4 Å². The number of fused-ring (bicyclic) bond motifs is 1. The number of carbonyl (C=O) groups is 1. The quantitative estimate of drug-likeness (QED) is 0.754. The van der Waals surface area contributed by atoms with E-state index in [-0.39, 0.29) is 5.91 Å². The van der Waals surface area contributed by atoms with Crippen molar-refractivity contribution in [3.8, 4) is 0 Å². The molecule has 96 valence electrons. The van der Waals surface area contributed by atoms with Crippen molar-refractivity contribution in [1.29, 1.82) is 0 Å². The van der Waals surface area contributed by atoms with E-state index >= 15 is 0 Å². The maximum atomic E-state index is 11.9. The molecule has 4 nitrogen and oxygen atoms in total. The largest absolute Gasteiger partial charge is 0.381 e. The van der Waals surface area contributed by atoms with Gasteiger partial charge in [0.25, 0.3) is 0 Å². The van der Waals surface area contributed by atoms with Gasteiger partial charge in [-0.1, -0.05) is 0 Å². The van der Waals surface area contributed by atoms with Gasteiger partial charge in [0.2, 0.25) is 5.91 Å². The molecule has 3 atom stereocenters. The number of amides is 1. The van der Waals surface area contributed by atoms with E-state index in [0.29, 0.717) is 30.2 Å². The van der Waals surface area contributed by atoms with E-state index in [4.69, 9.17) is 4.74 Å². The molecule has 0 bridgehead atoms. The molecule has 0 aromatic carbocycles. The zero-order chi connectivity index (χ0) is 11.7.